The van der Waals surface area contributed by atoms with Crippen molar-refractivity contribution in [1.82, 2.24) is 20.1 Å². The fraction of sp³-hybridized carbons (Fsp3) is 0.350. The minimum Gasteiger partial charge on any atom is -0.338 e. The van der Waals surface area contributed by atoms with E-state index in [1.165, 1.54) is 11.3 Å². The third-order valence-electron chi connectivity index (χ3n) is 5.11. The van der Waals surface area contributed by atoms with E-state index in [1.807, 2.05) is 41.4 Å². The Balaban J connectivity index is 1.62. The number of carbonyl (C=O) groups excluding carboxylic acids is 1. The van der Waals surface area contributed by atoms with Crippen molar-refractivity contribution >= 4 is 16.8 Å². The van der Waals surface area contributed by atoms with Crippen LogP contribution in [0.2, 0.25) is 0 Å². The summed E-state index contributed by atoms with van der Waals surface area (Å²) in [5.74, 6) is 0.407. The van der Waals surface area contributed by atoms with Gasteiger partial charge in [0.1, 0.15) is 0 Å². The van der Waals surface area contributed by atoms with Crippen LogP contribution in [-0.2, 0) is 6.42 Å². The van der Waals surface area contributed by atoms with Gasteiger partial charge in [0.2, 0.25) is 0 Å². The van der Waals surface area contributed by atoms with Gasteiger partial charge in [0.05, 0.1) is 17.3 Å². The number of H-pyrrole nitrogens is 1. The number of fused-ring (bicyclic) bond motifs is 1. The molecule has 1 amide bonds. The van der Waals surface area contributed by atoms with Crippen LogP contribution < -0.4 is 0 Å². The molecule has 0 saturated carbocycles. The number of para-hydroxylation sites is 1. The molecule has 0 spiro atoms. The molecule has 1 aliphatic rings. The van der Waals surface area contributed by atoms with Gasteiger partial charge in [0.25, 0.3) is 5.91 Å². The number of aromatic nitrogens is 3. The number of aromatic amines is 1. The first kappa shape index (κ1) is 15.8. The molecule has 1 fully saturated rings. The number of hydrogen-bond acceptors (Lipinski definition) is 3. The Morgan fingerprint density at radius 3 is 3.08 bits per heavy atom. The van der Waals surface area contributed by atoms with Crippen LogP contribution in [0.5, 0.6) is 0 Å². The minimum atomic E-state index is 0.0755. The summed E-state index contributed by atoms with van der Waals surface area (Å²) in [4.78, 5) is 19.5. The zero-order valence-corrected chi connectivity index (χ0v) is 14.4. The molecule has 0 bridgehead atoms. The van der Waals surface area contributed by atoms with E-state index in [-0.39, 0.29) is 5.91 Å². The fourth-order valence-electron chi connectivity index (χ4n) is 3.80. The van der Waals surface area contributed by atoms with Crippen LogP contribution in [-0.4, -0.2) is 39.1 Å². The van der Waals surface area contributed by atoms with Crippen molar-refractivity contribution < 1.29 is 4.79 Å². The predicted molar refractivity (Wildman–Crippen MR) is 97.6 cm³/mol. The first-order valence-corrected chi connectivity index (χ1v) is 8.93. The third-order valence-corrected chi connectivity index (χ3v) is 5.11. The topological polar surface area (TPSA) is 61.9 Å². The van der Waals surface area contributed by atoms with Crippen molar-refractivity contribution in [2.75, 3.05) is 13.1 Å². The quantitative estimate of drug-likeness (QED) is 0.797. The number of benzene rings is 1. The normalized spacial score (nSPS) is 17.8. The summed E-state index contributed by atoms with van der Waals surface area (Å²) in [6, 6.07) is 9.71. The number of aryl methyl sites for hydroxylation is 1. The van der Waals surface area contributed by atoms with Crippen LogP contribution in [0.1, 0.15) is 47.3 Å². The molecule has 1 atom stereocenters. The summed E-state index contributed by atoms with van der Waals surface area (Å²) in [6.07, 6.45) is 6.72. The molecule has 5 nitrogen and oxygen atoms in total. The second-order valence-corrected chi connectivity index (χ2v) is 6.63. The van der Waals surface area contributed by atoms with E-state index in [1.54, 1.807) is 6.20 Å². The Bertz CT molecular complexity index is 896. The van der Waals surface area contributed by atoms with Gasteiger partial charge < -0.3 is 4.90 Å². The molecule has 1 aromatic carbocycles. The first-order chi connectivity index (χ1) is 12.3. The van der Waals surface area contributed by atoms with Crippen molar-refractivity contribution in [3.63, 3.8) is 0 Å². The Hall–Kier alpha value is -2.69. The van der Waals surface area contributed by atoms with E-state index in [2.05, 4.69) is 22.1 Å². The van der Waals surface area contributed by atoms with E-state index in [9.17, 15) is 4.79 Å². The van der Waals surface area contributed by atoms with Crippen LogP contribution in [0.15, 0.2) is 42.7 Å². The highest BCUT2D eigenvalue weighted by molar-refractivity contribution is 6.05. The van der Waals surface area contributed by atoms with Gasteiger partial charge in [0, 0.05) is 36.3 Å². The van der Waals surface area contributed by atoms with E-state index < -0.39 is 0 Å². The highest BCUT2D eigenvalue weighted by Crippen LogP contribution is 2.29. The lowest BCUT2D eigenvalue weighted by molar-refractivity contribution is 0.0707. The molecule has 1 N–H and O–H groups in total. The van der Waals surface area contributed by atoms with Crippen molar-refractivity contribution in [2.24, 2.45) is 0 Å². The van der Waals surface area contributed by atoms with Gasteiger partial charge in [0.15, 0.2) is 0 Å². The van der Waals surface area contributed by atoms with Crippen LogP contribution in [0.25, 0.3) is 10.9 Å². The largest absolute Gasteiger partial charge is 0.338 e. The van der Waals surface area contributed by atoms with Crippen molar-refractivity contribution in [1.29, 1.82) is 0 Å². The summed E-state index contributed by atoms with van der Waals surface area (Å²) in [5, 5.41) is 8.36. The van der Waals surface area contributed by atoms with Crippen molar-refractivity contribution in [3.8, 4) is 0 Å². The van der Waals surface area contributed by atoms with Crippen LogP contribution in [0, 0.1) is 0 Å². The summed E-state index contributed by atoms with van der Waals surface area (Å²) in [6.45, 7) is 3.67. The Morgan fingerprint density at radius 2 is 2.20 bits per heavy atom. The summed E-state index contributed by atoms with van der Waals surface area (Å²) < 4.78 is 0. The minimum absolute atomic E-state index is 0.0755. The standard InChI is InChI=1S/C20H22N4O/c1-2-14-12-22-23-18(14)16-8-5-11-24(13-16)20(25)17-9-3-6-15-7-4-10-21-19(15)17/h3-4,6-7,9-10,12,16H,2,5,8,11,13H2,1H3,(H,22,23). The number of likely N-dealkylation sites (tertiary alicyclic amines) is 1. The highest BCUT2D eigenvalue weighted by atomic mass is 16.2. The Kier molecular flexibility index (Phi) is 4.22. The van der Waals surface area contributed by atoms with E-state index in [0.717, 1.165) is 43.3 Å². The zero-order valence-electron chi connectivity index (χ0n) is 14.4. The molecule has 128 valence electrons. The number of amides is 1. The molecule has 25 heavy (non-hydrogen) atoms. The number of rotatable bonds is 3. The monoisotopic (exact) mass is 334 g/mol. The molecular formula is C20H22N4O. The first-order valence-electron chi connectivity index (χ1n) is 8.93. The molecule has 0 radical (unpaired) electrons. The number of nitrogens with zero attached hydrogens (tertiary/aromatic N) is 3. The molecule has 1 unspecified atom stereocenters. The maximum absolute atomic E-state index is 13.1. The van der Waals surface area contributed by atoms with E-state index in [0.29, 0.717) is 11.5 Å². The zero-order chi connectivity index (χ0) is 17.2. The number of piperidine rings is 1. The molecule has 3 heterocycles. The van der Waals surface area contributed by atoms with Gasteiger partial charge in [-0.25, -0.2) is 0 Å². The van der Waals surface area contributed by atoms with Crippen LogP contribution in [0.3, 0.4) is 0 Å². The Morgan fingerprint density at radius 1 is 1.32 bits per heavy atom. The summed E-state index contributed by atoms with van der Waals surface area (Å²) in [7, 11) is 0. The average molecular weight is 334 g/mol. The third kappa shape index (κ3) is 2.90. The molecular weight excluding hydrogens is 312 g/mol. The number of pyridine rings is 1. The number of nitrogens with one attached hydrogen (secondary N) is 1. The van der Waals surface area contributed by atoms with E-state index >= 15 is 0 Å². The molecule has 3 aromatic rings. The number of carbonyl (C=O) groups is 1. The second kappa shape index (κ2) is 6.67. The maximum atomic E-state index is 13.1. The van der Waals surface area contributed by atoms with Crippen molar-refractivity contribution in [2.45, 2.75) is 32.1 Å². The summed E-state index contributed by atoms with van der Waals surface area (Å²) >= 11 is 0. The summed E-state index contributed by atoms with van der Waals surface area (Å²) in [5.41, 5.74) is 3.93. The molecule has 0 aliphatic carbocycles. The maximum Gasteiger partial charge on any atom is 0.256 e. The molecule has 5 heteroatoms. The SMILES string of the molecule is CCc1cn[nH]c1C1CCCN(C(=O)c2cccc3cccnc23)C1. The average Bonchev–Trinajstić information content (AvgIpc) is 3.16. The van der Waals surface area contributed by atoms with Gasteiger partial charge in [-0.15, -0.1) is 0 Å². The predicted octanol–water partition coefficient (Wildman–Crippen LogP) is 3.54. The lowest BCUT2D eigenvalue weighted by atomic mass is 9.91. The Labute approximate surface area is 147 Å². The highest BCUT2D eigenvalue weighted by Gasteiger charge is 2.28. The lowest BCUT2D eigenvalue weighted by Crippen LogP contribution is -2.39. The molecule has 2 aromatic heterocycles. The van der Waals surface area contributed by atoms with Gasteiger partial charge >= 0.3 is 0 Å². The van der Waals surface area contributed by atoms with Gasteiger partial charge in [-0.05, 0) is 37.0 Å². The molecule has 4 rings (SSSR count). The smallest absolute Gasteiger partial charge is 0.256 e. The van der Waals surface area contributed by atoms with Gasteiger partial charge in [-0.3, -0.25) is 14.9 Å². The van der Waals surface area contributed by atoms with Gasteiger partial charge in [-0.2, -0.15) is 5.10 Å². The lowest BCUT2D eigenvalue weighted by Gasteiger charge is -2.33. The fourth-order valence-corrected chi connectivity index (χ4v) is 3.80. The molecule has 1 saturated heterocycles. The molecule has 1 aliphatic heterocycles. The van der Waals surface area contributed by atoms with Crippen molar-refractivity contribution in [3.05, 3.63) is 59.5 Å². The van der Waals surface area contributed by atoms with Gasteiger partial charge in [-0.1, -0.05) is 25.1 Å². The van der Waals surface area contributed by atoms with E-state index in [4.69, 9.17) is 0 Å². The van der Waals surface area contributed by atoms with Crippen LogP contribution >= 0.6 is 0 Å². The second-order valence-electron chi connectivity index (χ2n) is 6.63. The number of hydrogen-bond donors (Lipinski definition) is 1. The van der Waals surface area contributed by atoms with Crippen LogP contribution in [0.4, 0.5) is 0 Å².